The van der Waals surface area contributed by atoms with Crippen molar-refractivity contribution in [3.63, 3.8) is 0 Å². The molecule has 0 radical (unpaired) electrons. The average molecular weight is 177 g/mol. The fourth-order valence-electron chi connectivity index (χ4n) is 0.411. The van der Waals surface area contributed by atoms with Crippen molar-refractivity contribution in [2.45, 2.75) is 25.7 Å². The summed E-state index contributed by atoms with van der Waals surface area (Å²) in [5, 5.41) is 8.39. The van der Waals surface area contributed by atoms with Crippen LogP contribution in [0.1, 0.15) is 0 Å². The van der Waals surface area contributed by atoms with E-state index < -0.39 is 20.3 Å². The third-order valence-corrected chi connectivity index (χ3v) is 2.05. The Morgan fingerprint density at radius 3 is 2.36 bits per heavy atom. The van der Waals surface area contributed by atoms with Crippen LogP contribution >= 0.6 is 0 Å². The van der Waals surface area contributed by atoms with Crippen molar-refractivity contribution >= 4 is 14.3 Å². The number of carbonyl (C=O) groups is 1. The molecule has 0 aliphatic heterocycles. The van der Waals surface area contributed by atoms with E-state index in [-0.39, 0.29) is 6.61 Å². The van der Waals surface area contributed by atoms with Crippen molar-refractivity contribution in [3.05, 3.63) is 0 Å². The van der Waals surface area contributed by atoms with E-state index in [9.17, 15) is 4.79 Å². The molecule has 4 nitrogen and oxygen atoms in total. The zero-order valence-corrected chi connectivity index (χ0v) is 8.13. The van der Waals surface area contributed by atoms with Gasteiger partial charge in [-0.25, -0.2) is 0 Å². The van der Waals surface area contributed by atoms with E-state index in [2.05, 4.69) is 0 Å². The van der Waals surface area contributed by atoms with Gasteiger partial charge in [0.25, 0.3) is 0 Å². The molecule has 0 saturated heterocycles. The van der Waals surface area contributed by atoms with Gasteiger partial charge in [0, 0.05) is 0 Å². The zero-order chi connectivity index (χ0) is 9.07. The summed E-state index contributed by atoms with van der Waals surface area (Å²) in [6.45, 7) is 6.08. The number of carboxylic acids is 1. The molecule has 0 saturated carbocycles. The van der Waals surface area contributed by atoms with Gasteiger partial charge in [0.1, 0.15) is 6.04 Å². The van der Waals surface area contributed by atoms with Crippen LogP contribution in [0.2, 0.25) is 19.6 Å². The van der Waals surface area contributed by atoms with Gasteiger partial charge < -0.3 is 15.3 Å². The number of hydrogen-bond acceptors (Lipinski definition) is 3. The summed E-state index contributed by atoms with van der Waals surface area (Å²) in [6.07, 6.45) is 0. The molecule has 0 aromatic carbocycles. The standard InChI is InChI=1S/C6H15NO3Si/c1-11(2,3)10-4-5(7)6(8)9/h5H,4,7H2,1-3H3,(H,8,9). The van der Waals surface area contributed by atoms with Gasteiger partial charge in [0.15, 0.2) is 8.32 Å². The number of nitrogens with two attached hydrogens (primary N) is 1. The smallest absolute Gasteiger partial charge is 0.322 e. The second kappa shape index (κ2) is 3.84. The highest BCUT2D eigenvalue weighted by molar-refractivity contribution is 6.69. The minimum Gasteiger partial charge on any atom is -0.480 e. The second-order valence-electron chi connectivity index (χ2n) is 3.37. The zero-order valence-electron chi connectivity index (χ0n) is 7.13. The highest BCUT2D eigenvalue weighted by Gasteiger charge is 2.18. The molecular weight excluding hydrogens is 162 g/mol. The molecule has 0 rings (SSSR count). The van der Waals surface area contributed by atoms with Crippen molar-refractivity contribution in [1.82, 2.24) is 0 Å². The van der Waals surface area contributed by atoms with Crippen LogP contribution in [0.4, 0.5) is 0 Å². The Morgan fingerprint density at radius 1 is 1.64 bits per heavy atom. The molecule has 0 amide bonds. The molecule has 5 heteroatoms. The summed E-state index contributed by atoms with van der Waals surface area (Å²) < 4.78 is 5.29. The van der Waals surface area contributed by atoms with Crippen molar-refractivity contribution in [2.24, 2.45) is 5.73 Å². The molecule has 0 aliphatic rings. The van der Waals surface area contributed by atoms with E-state index in [0.29, 0.717) is 0 Å². The first-order chi connectivity index (χ1) is 4.83. The lowest BCUT2D eigenvalue weighted by Gasteiger charge is -2.18. The predicted octanol–water partition coefficient (Wildman–Crippen LogP) is 0.250. The fraction of sp³-hybridized carbons (Fsp3) is 0.833. The van der Waals surface area contributed by atoms with Gasteiger partial charge in [-0.1, -0.05) is 0 Å². The molecule has 1 unspecified atom stereocenters. The number of rotatable bonds is 4. The largest absolute Gasteiger partial charge is 0.480 e. The van der Waals surface area contributed by atoms with Gasteiger partial charge in [-0.3, -0.25) is 4.79 Å². The van der Waals surface area contributed by atoms with Gasteiger partial charge in [-0.05, 0) is 19.6 Å². The van der Waals surface area contributed by atoms with Crippen molar-refractivity contribution in [2.75, 3.05) is 6.61 Å². The molecule has 0 spiro atoms. The van der Waals surface area contributed by atoms with E-state index in [4.69, 9.17) is 15.3 Å². The van der Waals surface area contributed by atoms with Crippen LogP contribution in [0.25, 0.3) is 0 Å². The quantitative estimate of drug-likeness (QED) is 0.604. The maximum absolute atomic E-state index is 10.2. The molecule has 0 fully saturated rings. The van der Waals surface area contributed by atoms with Crippen molar-refractivity contribution < 1.29 is 14.3 Å². The Balaban J connectivity index is 3.63. The Bertz CT molecular complexity index is 143. The first-order valence-electron chi connectivity index (χ1n) is 3.45. The van der Waals surface area contributed by atoms with Crippen LogP contribution in [0.3, 0.4) is 0 Å². The molecule has 0 heterocycles. The number of carboxylic acid groups (broad SMARTS) is 1. The molecule has 0 aliphatic carbocycles. The number of aliphatic carboxylic acids is 1. The predicted molar refractivity (Wildman–Crippen MR) is 44.9 cm³/mol. The van der Waals surface area contributed by atoms with Crippen LogP contribution in [0, 0.1) is 0 Å². The Morgan fingerprint density at radius 2 is 2.09 bits per heavy atom. The van der Waals surface area contributed by atoms with E-state index >= 15 is 0 Å². The Kier molecular flexibility index (Phi) is 3.71. The topological polar surface area (TPSA) is 72.5 Å². The molecule has 3 N–H and O–H groups in total. The SMILES string of the molecule is C[Si](C)(C)OCC(N)C(=O)O. The number of hydrogen-bond donors (Lipinski definition) is 2. The summed E-state index contributed by atoms with van der Waals surface area (Å²) in [7, 11) is -1.61. The first kappa shape index (κ1) is 10.6. The Labute approximate surface area is 67.5 Å². The minimum absolute atomic E-state index is 0.116. The molecule has 0 bridgehead atoms. The van der Waals surface area contributed by atoms with Crippen LogP contribution in [0.5, 0.6) is 0 Å². The third-order valence-electron chi connectivity index (χ3n) is 1.01. The van der Waals surface area contributed by atoms with E-state index in [1.165, 1.54) is 0 Å². The first-order valence-corrected chi connectivity index (χ1v) is 6.86. The van der Waals surface area contributed by atoms with Crippen LogP contribution < -0.4 is 5.73 Å². The van der Waals surface area contributed by atoms with Gasteiger partial charge in [-0.15, -0.1) is 0 Å². The third kappa shape index (κ3) is 6.02. The highest BCUT2D eigenvalue weighted by atomic mass is 28.4. The molecular formula is C6H15NO3Si. The van der Waals surface area contributed by atoms with E-state index in [1.807, 2.05) is 19.6 Å². The summed E-state index contributed by atoms with van der Waals surface area (Å²) in [5.41, 5.74) is 5.22. The molecule has 1 atom stereocenters. The fourth-order valence-corrected chi connectivity index (χ4v) is 1.09. The van der Waals surface area contributed by atoms with Gasteiger partial charge in [-0.2, -0.15) is 0 Å². The average Bonchev–Trinajstić information content (AvgIpc) is 1.80. The molecule has 0 aromatic rings. The summed E-state index contributed by atoms with van der Waals surface area (Å²) >= 11 is 0. The monoisotopic (exact) mass is 177 g/mol. The normalized spacial score (nSPS) is 14.5. The van der Waals surface area contributed by atoms with Gasteiger partial charge in [0.05, 0.1) is 6.61 Å². The van der Waals surface area contributed by atoms with Crippen molar-refractivity contribution in [3.8, 4) is 0 Å². The van der Waals surface area contributed by atoms with Crippen molar-refractivity contribution in [1.29, 1.82) is 0 Å². The lowest BCUT2D eigenvalue weighted by Crippen LogP contribution is -2.39. The van der Waals surface area contributed by atoms with E-state index in [0.717, 1.165) is 0 Å². The molecule has 11 heavy (non-hydrogen) atoms. The summed E-state index contributed by atoms with van der Waals surface area (Å²) in [4.78, 5) is 10.2. The second-order valence-corrected chi connectivity index (χ2v) is 7.88. The van der Waals surface area contributed by atoms with Gasteiger partial charge >= 0.3 is 5.97 Å². The highest BCUT2D eigenvalue weighted by Crippen LogP contribution is 2.02. The molecule has 0 aromatic heterocycles. The Hall–Kier alpha value is -0.393. The summed E-state index contributed by atoms with van der Waals surface area (Å²) in [5.74, 6) is -1.01. The van der Waals surface area contributed by atoms with E-state index in [1.54, 1.807) is 0 Å². The van der Waals surface area contributed by atoms with Crippen LogP contribution in [-0.4, -0.2) is 32.0 Å². The summed E-state index contributed by atoms with van der Waals surface area (Å²) in [6, 6.07) is -0.887. The lowest BCUT2D eigenvalue weighted by atomic mass is 10.3. The van der Waals surface area contributed by atoms with Gasteiger partial charge in [0.2, 0.25) is 0 Å². The molecule has 66 valence electrons. The minimum atomic E-state index is -1.61. The van der Waals surface area contributed by atoms with Crippen LogP contribution in [0.15, 0.2) is 0 Å². The maximum atomic E-state index is 10.2. The lowest BCUT2D eigenvalue weighted by molar-refractivity contribution is -0.139. The maximum Gasteiger partial charge on any atom is 0.322 e. The van der Waals surface area contributed by atoms with Crippen LogP contribution in [-0.2, 0) is 9.22 Å².